The van der Waals surface area contributed by atoms with Crippen molar-refractivity contribution in [3.63, 3.8) is 0 Å². The summed E-state index contributed by atoms with van der Waals surface area (Å²) >= 11 is 1.14. The number of ether oxygens (including phenoxy) is 2. The minimum atomic E-state index is -0.378. The van der Waals surface area contributed by atoms with Crippen molar-refractivity contribution in [3.8, 4) is 11.5 Å². The summed E-state index contributed by atoms with van der Waals surface area (Å²) < 4.78 is 11.9. The molecule has 3 aromatic rings. The van der Waals surface area contributed by atoms with Crippen LogP contribution < -0.4 is 20.3 Å². The van der Waals surface area contributed by atoms with Gasteiger partial charge in [0.15, 0.2) is 0 Å². The van der Waals surface area contributed by atoms with E-state index in [0.29, 0.717) is 56.9 Å². The fourth-order valence-electron chi connectivity index (χ4n) is 4.08. The number of nitrogens with one attached hydrogen (secondary N) is 1. The molecule has 0 unspecified atom stereocenters. The largest absolute Gasteiger partial charge is 0.497 e. The molecule has 9 nitrogen and oxygen atoms in total. The van der Waals surface area contributed by atoms with Gasteiger partial charge >= 0.3 is 0 Å². The Labute approximate surface area is 201 Å². The summed E-state index contributed by atoms with van der Waals surface area (Å²) in [4.78, 5) is 46.0. The van der Waals surface area contributed by atoms with Gasteiger partial charge in [-0.05, 0) is 43.4 Å². The minimum Gasteiger partial charge on any atom is -0.497 e. The lowest BCUT2D eigenvalue weighted by Crippen LogP contribution is -2.41. The number of aromatic nitrogens is 2. The van der Waals surface area contributed by atoms with Crippen molar-refractivity contribution in [1.29, 1.82) is 0 Å². The maximum Gasteiger partial charge on any atom is 0.266 e. The highest BCUT2D eigenvalue weighted by molar-refractivity contribution is 7.20. The second kappa shape index (κ2) is 9.84. The Bertz CT molecular complexity index is 1290. The molecule has 1 aromatic carbocycles. The van der Waals surface area contributed by atoms with E-state index in [0.717, 1.165) is 24.2 Å². The van der Waals surface area contributed by atoms with E-state index in [1.807, 2.05) is 0 Å². The molecule has 180 valence electrons. The average molecular weight is 485 g/mol. The van der Waals surface area contributed by atoms with Crippen molar-refractivity contribution >= 4 is 39.1 Å². The predicted molar refractivity (Wildman–Crippen MR) is 131 cm³/mol. The van der Waals surface area contributed by atoms with Crippen LogP contribution in [0.15, 0.2) is 29.3 Å². The van der Waals surface area contributed by atoms with E-state index >= 15 is 0 Å². The smallest absolute Gasteiger partial charge is 0.266 e. The first kappa shape index (κ1) is 23.7. The standard InChI is InChI=1S/C24H28N4O5S/c1-14-7-9-27(10-8-14)19(29)12-28-13-25-23-20(24(28)31)15(2)21(34-23)22(30)26-17-11-16(32-3)5-6-18(17)33-4/h5-6,11,13-14H,7-10,12H2,1-4H3,(H,26,30). The van der Waals surface area contributed by atoms with Crippen molar-refractivity contribution in [2.24, 2.45) is 5.92 Å². The summed E-state index contributed by atoms with van der Waals surface area (Å²) in [7, 11) is 3.05. The number of carbonyl (C=O) groups is 2. The molecule has 2 aromatic heterocycles. The van der Waals surface area contributed by atoms with Crippen molar-refractivity contribution in [1.82, 2.24) is 14.5 Å². The number of likely N-dealkylation sites (tertiary alicyclic amines) is 1. The fourth-order valence-corrected chi connectivity index (χ4v) is 5.12. The summed E-state index contributed by atoms with van der Waals surface area (Å²) in [6, 6.07) is 5.10. The number of carbonyl (C=O) groups excluding carboxylic acids is 2. The summed E-state index contributed by atoms with van der Waals surface area (Å²) in [5, 5.41) is 3.19. The van der Waals surface area contributed by atoms with E-state index in [9.17, 15) is 14.4 Å². The zero-order chi connectivity index (χ0) is 24.4. The Hall–Kier alpha value is -3.40. The number of piperidine rings is 1. The maximum absolute atomic E-state index is 13.2. The van der Waals surface area contributed by atoms with Gasteiger partial charge in [0.2, 0.25) is 5.91 Å². The first-order valence-corrected chi connectivity index (χ1v) is 11.9. The highest BCUT2D eigenvalue weighted by Crippen LogP contribution is 2.32. The van der Waals surface area contributed by atoms with Crippen molar-refractivity contribution < 1.29 is 19.1 Å². The Morgan fingerprint density at radius 3 is 2.62 bits per heavy atom. The number of aryl methyl sites for hydroxylation is 1. The van der Waals surface area contributed by atoms with Gasteiger partial charge in [0.1, 0.15) is 22.9 Å². The van der Waals surface area contributed by atoms with Gasteiger partial charge in [-0.1, -0.05) is 6.92 Å². The number of hydrogen-bond donors (Lipinski definition) is 1. The molecule has 0 saturated carbocycles. The van der Waals surface area contributed by atoms with Crippen LogP contribution >= 0.6 is 11.3 Å². The van der Waals surface area contributed by atoms with Gasteiger partial charge < -0.3 is 19.7 Å². The van der Waals surface area contributed by atoms with Crippen LogP contribution in [0.5, 0.6) is 11.5 Å². The lowest BCUT2D eigenvalue weighted by atomic mass is 9.99. The summed E-state index contributed by atoms with van der Waals surface area (Å²) in [5.74, 6) is 1.20. The second-order valence-electron chi connectivity index (χ2n) is 8.50. The van der Waals surface area contributed by atoms with Crippen LogP contribution in [-0.4, -0.2) is 53.6 Å². The number of fused-ring (bicyclic) bond motifs is 1. The summed E-state index contributed by atoms with van der Waals surface area (Å²) in [6.07, 6.45) is 3.33. The van der Waals surface area contributed by atoms with Crippen molar-refractivity contribution in [3.05, 3.63) is 45.3 Å². The zero-order valence-corrected chi connectivity index (χ0v) is 20.5. The molecule has 0 bridgehead atoms. The Morgan fingerprint density at radius 2 is 1.94 bits per heavy atom. The van der Waals surface area contributed by atoms with Crippen LogP contribution in [0.4, 0.5) is 5.69 Å². The molecule has 1 fully saturated rings. The molecular weight excluding hydrogens is 456 g/mol. The molecule has 0 aliphatic carbocycles. The number of benzene rings is 1. The molecule has 4 rings (SSSR count). The highest BCUT2D eigenvalue weighted by atomic mass is 32.1. The number of thiophene rings is 1. The monoisotopic (exact) mass is 484 g/mol. The minimum absolute atomic E-state index is 0.0615. The molecule has 0 radical (unpaired) electrons. The second-order valence-corrected chi connectivity index (χ2v) is 9.50. The number of methoxy groups -OCH3 is 2. The van der Waals surface area contributed by atoms with Crippen LogP contribution in [-0.2, 0) is 11.3 Å². The van der Waals surface area contributed by atoms with E-state index < -0.39 is 0 Å². The third-order valence-corrected chi connectivity index (χ3v) is 7.42. The molecule has 1 aliphatic heterocycles. The van der Waals surface area contributed by atoms with Crippen molar-refractivity contribution in [2.75, 3.05) is 32.6 Å². The van der Waals surface area contributed by atoms with E-state index in [4.69, 9.17) is 9.47 Å². The molecule has 10 heteroatoms. The lowest BCUT2D eigenvalue weighted by Gasteiger charge is -2.30. The van der Waals surface area contributed by atoms with E-state index in [1.54, 1.807) is 30.0 Å². The Kier molecular flexibility index (Phi) is 6.87. The van der Waals surface area contributed by atoms with Gasteiger partial charge in [0, 0.05) is 19.2 Å². The van der Waals surface area contributed by atoms with Crippen LogP contribution in [0, 0.1) is 12.8 Å². The maximum atomic E-state index is 13.2. The molecule has 1 saturated heterocycles. The van der Waals surface area contributed by atoms with Gasteiger partial charge in [-0.25, -0.2) is 4.98 Å². The molecule has 1 aliphatic rings. The van der Waals surface area contributed by atoms with Crippen LogP contribution in [0.25, 0.3) is 10.2 Å². The quantitative estimate of drug-likeness (QED) is 0.576. The first-order valence-electron chi connectivity index (χ1n) is 11.1. The normalized spacial score (nSPS) is 14.3. The van der Waals surface area contributed by atoms with E-state index in [2.05, 4.69) is 17.2 Å². The van der Waals surface area contributed by atoms with Crippen LogP contribution in [0.3, 0.4) is 0 Å². The third kappa shape index (κ3) is 4.63. The lowest BCUT2D eigenvalue weighted by molar-refractivity contribution is -0.133. The number of amides is 2. The topological polar surface area (TPSA) is 103 Å². The highest BCUT2D eigenvalue weighted by Gasteiger charge is 2.23. The van der Waals surface area contributed by atoms with Gasteiger partial charge in [-0.2, -0.15) is 0 Å². The Morgan fingerprint density at radius 1 is 1.21 bits per heavy atom. The molecule has 1 N–H and O–H groups in total. The molecule has 0 atom stereocenters. The zero-order valence-electron chi connectivity index (χ0n) is 19.7. The van der Waals surface area contributed by atoms with E-state index in [-0.39, 0.29) is 23.9 Å². The number of nitrogens with zero attached hydrogens (tertiary/aromatic N) is 3. The van der Waals surface area contributed by atoms with Gasteiger partial charge in [-0.15, -0.1) is 11.3 Å². The molecule has 2 amide bonds. The van der Waals surface area contributed by atoms with Gasteiger partial charge in [0.25, 0.3) is 11.5 Å². The molecular formula is C24H28N4O5S. The number of rotatable bonds is 6. The van der Waals surface area contributed by atoms with Crippen LogP contribution in [0.1, 0.15) is 35.0 Å². The number of hydrogen-bond acceptors (Lipinski definition) is 7. The fraction of sp³-hybridized carbons (Fsp3) is 0.417. The number of anilines is 1. The Balaban J connectivity index is 1.59. The molecule has 0 spiro atoms. The summed E-state index contributed by atoms with van der Waals surface area (Å²) in [6.45, 7) is 5.26. The molecule has 3 heterocycles. The SMILES string of the molecule is COc1ccc(OC)c(NC(=O)c2sc3ncn(CC(=O)N4CCC(C)CC4)c(=O)c3c2C)c1. The predicted octanol–water partition coefficient (Wildman–Crippen LogP) is 3.29. The van der Waals surface area contributed by atoms with Crippen LogP contribution in [0.2, 0.25) is 0 Å². The first-order chi connectivity index (χ1) is 16.3. The van der Waals surface area contributed by atoms with Gasteiger partial charge in [-0.3, -0.25) is 19.0 Å². The van der Waals surface area contributed by atoms with Gasteiger partial charge in [0.05, 0.1) is 36.5 Å². The van der Waals surface area contributed by atoms with E-state index in [1.165, 1.54) is 25.1 Å². The van der Waals surface area contributed by atoms with Crippen molar-refractivity contribution in [2.45, 2.75) is 33.2 Å². The average Bonchev–Trinajstić information content (AvgIpc) is 3.18. The third-order valence-electron chi connectivity index (χ3n) is 6.22. The summed E-state index contributed by atoms with van der Waals surface area (Å²) in [5.41, 5.74) is 0.663. The molecule has 34 heavy (non-hydrogen) atoms.